The van der Waals surface area contributed by atoms with Gasteiger partial charge in [0.05, 0.1) is 16.3 Å². The highest BCUT2D eigenvalue weighted by Crippen LogP contribution is 2.34. The van der Waals surface area contributed by atoms with Crippen LogP contribution >= 0.6 is 23.4 Å². The molecule has 10 heteroatoms. The summed E-state index contributed by atoms with van der Waals surface area (Å²) in [5.74, 6) is 0.311. The van der Waals surface area contributed by atoms with E-state index in [1.54, 1.807) is 42.7 Å². The van der Waals surface area contributed by atoms with Crippen molar-refractivity contribution in [1.82, 2.24) is 15.3 Å². The lowest BCUT2D eigenvalue weighted by Crippen LogP contribution is -2.21. The molecule has 0 radical (unpaired) electrons. The number of halogens is 4. The number of benzene rings is 1. The second-order valence-corrected chi connectivity index (χ2v) is 8.10. The molecule has 0 fully saturated rings. The van der Waals surface area contributed by atoms with Gasteiger partial charge in [-0.05, 0) is 29.3 Å². The fourth-order valence-electron chi connectivity index (χ4n) is 2.85. The van der Waals surface area contributed by atoms with E-state index in [1.807, 2.05) is 12.1 Å². The van der Waals surface area contributed by atoms with Crippen molar-refractivity contribution >= 4 is 40.5 Å². The van der Waals surface area contributed by atoms with Gasteiger partial charge in [0.15, 0.2) is 5.17 Å². The van der Waals surface area contributed by atoms with E-state index in [2.05, 4.69) is 20.3 Å². The smallest absolute Gasteiger partial charge is 0.300 e. The van der Waals surface area contributed by atoms with Crippen LogP contribution in [0.2, 0.25) is 5.02 Å². The molecule has 2 aromatic heterocycles. The van der Waals surface area contributed by atoms with E-state index in [1.165, 1.54) is 11.8 Å². The molecule has 32 heavy (non-hydrogen) atoms. The van der Waals surface area contributed by atoms with Crippen LogP contribution in [0.25, 0.3) is 17.3 Å². The number of amides is 1. The van der Waals surface area contributed by atoms with Crippen molar-refractivity contribution in [2.75, 3.05) is 0 Å². The van der Waals surface area contributed by atoms with E-state index in [0.29, 0.717) is 22.0 Å². The van der Waals surface area contributed by atoms with Gasteiger partial charge in [-0.25, -0.2) is 4.99 Å². The summed E-state index contributed by atoms with van der Waals surface area (Å²) < 4.78 is 38.4. The summed E-state index contributed by atoms with van der Waals surface area (Å²) >= 11 is 7.40. The van der Waals surface area contributed by atoms with Crippen LogP contribution in [-0.2, 0) is 16.7 Å². The average Bonchev–Trinajstić information content (AvgIpc) is 3.12. The van der Waals surface area contributed by atoms with Gasteiger partial charge < -0.3 is 0 Å². The van der Waals surface area contributed by atoms with E-state index in [0.717, 1.165) is 17.8 Å². The second-order valence-electron chi connectivity index (χ2n) is 6.72. The molecule has 5 nitrogen and oxygen atoms in total. The number of hydrogen-bond acceptors (Lipinski definition) is 5. The van der Waals surface area contributed by atoms with Crippen LogP contribution in [0, 0.1) is 0 Å². The first-order chi connectivity index (χ1) is 15.3. The van der Waals surface area contributed by atoms with Gasteiger partial charge in [-0.1, -0.05) is 53.7 Å². The molecule has 1 amide bonds. The number of pyridine rings is 2. The minimum absolute atomic E-state index is 0.0963. The summed E-state index contributed by atoms with van der Waals surface area (Å²) in [5.41, 5.74) is 1.86. The van der Waals surface area contributed by atoms with Crippen LogP contribution < -0.4 is 5.32 Å². The van der Waals surface area contributed by atoms with Crippen molar-refractivity contribution in [2.45, 2.75) is 11.9 Å². The predicted octanol–water partition coefficient (Wildman–Crippen LogP) is 5.58. The van der Waals surface area contributed by atoms with Crippen molar-refractivity contribution in [1.29, 1.82) is 0 Å². The molecule has 0 atom stereocenters. The number of alkyl halides is 3. The number of rotatable bonds is 4. The van der Waals surface area contributed by atoms with Gasteiger partial charge in [-0.3, -0.25) is 20.1 Å². The maximum Gasteiger partial charge on any atom is 0.417 e. The quantitative estimate of drug-likeness (QED) is 0.501. The third-order valence-electron chi connectivity index (χ3n) is 4.43. The third-order valence-corrected chi connectivity index (χ3v) is 5.66. The van der Waals surface area contributed by atoms with Gasteiger partial charge in [0.25, 0.3) is 5.91 Å². The van der Waals surface area contributed by atoms with E-state index >= 15 is 0 Å². The van der Waals surface area contributed by atoms with Crippen LogP contribution in [0.5, 0.6) is 0 Å². The van der Waals surface area contributed by atoms with Crippen LogP contribution in [0.3, 0.4) is 0 Å². The molecule has 3 aromatic rings. The van der Waals surface area contributed by atoms with Crippen LogP contribution in [0.1, 0.15) is 16.7 Å². The minimum Gasteiger partial charge on any atom is -0.300 e. The normalized spacial score (nSPS) is 15.1. The number of aliphatic imine (C=N–C) groups is 1. The number of hydrogen-bond donors (Lipinski definition) is 1. The highest BCUT2D eigenvalue weighted by Gasteiger charge is 2.31. The van der Waals surface area contributed by atoms with E-state index in [4.69, 9.17) is 11.6 Å². The Labute approximate surface area is 190 Å². The Morgan fingerprint density at radius 2 is 1.91 bits per heavy atom. The fourth-order valence-corrected chi connectivity index (χ4v) is 3.93. The van der Waals surface area contributed by atoms with Gasteiger partial charge in [0.2, 0.25) is 0 Å². The number of nitrogens with one attached hydrogen (secondary N) is 1. The van der Waals surface area contributed by atoms with Crippen LogP contribution in [0.4, 0.5) is 13.2 Å². The lowest BCUT2D eigenvalue weighted by atomic mass is 10.1. The summed E-state index contributed by atoms with van der Waals surface area (Å²) in [4.78, 5) is 24.4. The van der Waals surface area contributed by atoms with Crippen molar-refractivity contribution < 1.29 is 18.0 Å². The SMILES string of the molecule is O=C1NC(SCc2cccnc2)=N/C1=C/c1ccc(-c2ncc(C(F)(F)F)cc2Cl)cc1. The van der Waals surface area contributed by atoms with Crippen molar-refractivity contribution in [2.24, 2.45) is 4.99 Å². The molecule has 0 unspecified atom stereocenters. The molecule has 0 spiro atoms. The molecule has 0 bridgehead atoms. The lowest BCUT2D eigenvalue weighted by Gasteiger charge is -2.09. The summed E-state index contributed by atoms with van der Waals surface area (Å²) in [7, 11) is 0. The highest BCUT2D eigenvalue weighted by molar-refractivity contribution is 8.13. The minimum atomic E-state index is -4.51. The Balaban J connectivity index is 1.48. The third kappa shape index (κ3) is 5.17. The van der Waals surface area contributed by atoms with Gasteiger partial charge in [-0.15, -0.1) is 0 Å². The molecule has 0 aliphatic carbocycles. The Morgan fingerprint density at radius 1 is 1.12 bits per heavy atom. The molecule has 0 saturated heterocycles. The topological polar surface area (TPSA) is 67.2 Å². The zero-order chi connectivity index (χ0) is 22.7. The number of carbonyl (C=O) groups is 1. The molecule has 1 aliphatic heterocycles. The number of thioether (sulfide) groups is 1. The summed E-state index contributed by atoms with van der Waals surface area (Å²) in [6.07, 6.45) is 1.30. The summed E-state index contributed by atoms with van der Waals surface area (Å²) in [6, 6.07) is 11.4. The second kappa shape index (κ2) is 9.13. The van der Waals surface area contributed by atoms with Gasteiger partial charge in [-0.2, -0.15) is 13.2 Å². The van der Waals surface area contributed by atoms with Crippen LogP contribution in [0.15, 0.2) is 71.7 Å². The van der Waals surface area contributed by atoms with E-state index in [9.17, 15) is 18.0 Å². The first-order valence-corrected chi connectivity index (χ1v) is 10.6. The Morgan fingerprint density at radius 3 is 2.56 bits per heavy atom. The molecule has 162 valence electrons. The Bertz CT molecular complexity index is 1210. The molecular formula is C22H14ClF3N4OS. The highest BCUT2D eigenvalue weighted by atomic mass is 35.5. The van der Waals surface area contributed by atoms with Crippen molar-refractivity contribution in [3.63, 3.8) is 0 Å². The lowest BCUT2D eigenvalue weighted by molar-refractivity contribution is -0.137. The zero-order valence-corrected chi connectivity index (χ0v) is 17.8. The monoisotopic (exact) mass is 474 g/mol. The van der Waals surface area contributed by atoms with Gasteiger partial charge in [0, 0.05) is 29.9 Å². The van der Waals surface area contributed by atoms with E-state index in [-0.39, 0.29) is 22.3 Å². The van der Waals surface area contributed by atoms with E-state index < -0.39 is 11.7 Å². The molecule has 4 rings (SSSR count). The molecule has 1 aliphatic rings. The molecule has 0 saturated carbocycles. The average molecular weight is 475 g/mol. The fraction of sp³-hybridized carbons (Fsp3) is 0.0909. The molecule has 1 N–H and O–H groups in total. The zero-order valence-electron chi connectivity index (χ0n) is 16.2. The Kier molecular flexibility index (Phi) is 6.29. The molecule has 1 aromatic carbocycles. The van der Waals surface area contributed by atoms with Crippen LogP contribution in [-0.4, -0.2) is 21.0 Å². The predicted molar refractivity (Wildman–Crippen MR) is 119 cm³/mol. The summed E-state index contributed by atoms with van der Waals surface area (Å²) in [5, 5.41) is 3.13. The number of aromatic nitrogens is 2. The van der Waals surface area contributed by atoms with Crippen molar-refractivity contribution in [3.05, 3.63) is 88.5 Å². The van der Waals surface area contributed by atoms with Gasteiger partial charge >= 0.3 is 6.18 Å². The molecular weight excluding hydrogens is 461 g/mol. The van der Waals surface area contributed by atoms with Crippen molar-refractivity contribution in [3.8, 4) is 11.3 Å². The number of nitrogens with zero attached hydrogens (tertiary/aromatic N) is 3. The maximum atomic E-state index is 12.8. The number of carbonyl (C=O) groups excluding carboxylic acids is 1. The first kappa shape index (κ1) is 22.0. The number of amidine groups is 1. The first-order valence-electron chi connectivity index (χ1n) is 9.26. The maximum absolute atomic E-state index is 12.8. The summed E-state index contributed by atoms with van der Waals surface area (Å²) in [6.45, 7) is 0. The van der Waals surface area contributed by atoms with Gasteiger partial charge in [0.1, 0.15) is 5.70 Å². The largest absolute Gasteiger partial charge is 0.417 e. The molecule has 3 heterocycles. The Hall–Kier alpha value is -3.17. The standard InChI is InChI=1S/C22H14ClF3N4OS/c23-17-9-16(22(24,25)26)11-28-19(17)15-5-3-13(4-6-15)8-18-20(31)30-21(29-18)32-12-14-2-1-7-27-10-14/h1-11H,12H2,(H,29,30,31)/b18-8+.